The van der Waals surface area contributed by atoms with Gasteiger partial charge in [0.2, 0.25) is 5.91 Å². The lowest BCUT2D eigenvalue weighted by Gasteiger charge is -2.42. The molecular weight excluding hydrogens is 408 g/mol. The van der Waals surface area contributed by atoms with Gasteiger partial charge in [0.15, 0.2) is 5.11 Å². The van der Waals surface area contributed by atoms with Gasteiger partial charge in [-0.05, 0) is 82.8 Å². The van der Waals surface area contributed by atoms with Crippen molar-refractivity contribution in [2.75, 3.05) is 0 Å². The number of rotatable bonds is 3. The maximum absolute atomic E-state index is 12.1. The smallest absolute Gasteiger partial charge is 0.249 e. The molecule has 1 aliphatic carbocycles. The van der Waals surface area contributed by atoms with E-state index in [9.17, 15) is 15.0 Å². The number of fused-ring (bicyclic) bond motifs is 1. The van der Waals surface area contributed by atoms with Gasteiger partial charge in [-0.1, -0.05) is 33.8 Å². The molecule has 1 unspecified atom stereocenters. The normalized spacial score (nSPS) is 21.4. The third kappa shape index (κ3) is 3.78. The van der Waals surface area contributed by atoms with Gasteiger partial charge in [0.05, 0.1) is 0 Å². The summed E-state index contributed by atoms with van der Waals surface area (Å²) in [5.41, 5.74) is 6.09. The number of nitrogens with one attached hydrogen (secondary N) is 2. The van der Waals surface area contributed by atoms with E-state index in [1.165, 1.54) is 17.2 Å². The molecule has 0 radical (unpaired) electrons. The van der Waals surface area contributed by atoms with Crippen LogP contribution in [0.2, 0.25) is 0 Å². The number of aryl methyl sites for hydroxylation is 1. The molecule has 1 atom stereocenters. The molecule has 164 valence electrons. The zero-order valence-electron chi connectivity index (χ0n) is 18.7. The van der Waals surface area contributed by atoms with Gasteiger partial charge in [0.1, 0.15) is 17.5 Å². The highest BCUT2D eigenvalue weighted by Crippen LogP contribution is 2.48. The molecular formula is C25H30N2O3S. The lowest BCUT2D eigenvalue weighted by Crippen LogP contribution is -2.34. The van der Waals surface area contributed by atoms with Crippen LogP contribution in [0.4, 0.5) is 0 Å². The Hall–Kier alpha value is -2.60. The second kappa shape index (κ2) is 7.23. The Morgan fingerprint density at radius 1 is 0.968 bits per heavy atom. The molecule has 0 saturated carbocycles. The Bertz CT molecular complexity index is 1100. The van der Waals surface area contributed by atoms with E-state index in [0.29, 0.717) is 16.2 Å². The quantitative estimate of drug-likeness (QED) is 0.536. The van der Waals surface area contributed by atoms with Crippen molar-refractivity contribution in [2.45, 2.75) is 70.8 Å². The van der Waals surface area contributed by atoms with Crippen molar-refractivity contribution in [3.63, 3.8) is 0 Å². The molecule has 1 amide bonds. The van der Waals surface area contributed by atoms with Crippen LogP contribution < -0.4 is 10.6 Å². The Morgan fingerprint density at radius 3 is 2.16 bits per heavy atom. The fourth-order valence-corrected chi connectivity index (χ4v) is 5.08. The summed E-state index contributed by atoms with van der Waals surface area (Å²) in [6, 6.07) is 7.07. The van der Waals surface area contributed by atoms with Crippen LogP contribution in [0.1, 0.15) is 62.8 Å². The first-order valence-corrected chi connectivity index (χ1v) is 11.1. The van der Waals surface area contributed by atoms with E-state index in [2.05, 4.69) is 57.4 Å². The predicted molar refractivity (Wildman–Crippen MR) is 127 cm³/mol. The van der Waals surface area contributed by atoms with E-state index in [1.54, 1.807) is 6.07 Å². The molecule has 0 bridgehead atoms. The number of carbonyl (C=O) groups excluding carboxylic acids is 1. The fourth-order valence-electron chi connectivity index (χ4n) is 4.84. The van der Waals surface area contributed by atoms with Gasteiger partial charge < -0.3 is 20.8 Å². The van der Waals surface area contributed by atoms with Gasteiger partial charge in [-0.25, -0.2) is 0 Å². The minimum atomic E-state index is -0.542. The molecule has 1 fully saturated rings. The maximum Gasteiger partial charge on any atom is 0.249 e. The Balaban J connectivity index is 1.81. The molecule has 4 rings (SSSR count). The third-order valence-electron chi connectivity index (χ3n) is 6.97. The summed E-state index contributed by atoms with van der Waals surface area (Å²) in [7, 11) is 0. The van der Waals surface area contributed by atoms with Crippen molar-refractivity contribution in [1.29, 1.82) is 0 Å². The van der Waals surface area contributed by atoms with Crippen LogP contribution in [-0.2, 0) is 22.0 Å². The van der Waals surface area contributed by atoms with Crippen LogP contribution in [0.3, 0.4) is 0 Å². The van der Waals surface area contributed by atoms with E-state index in [1.807, 2.05) is 0 Å². The predicted octanol–water partition coefficient (Wildman–Crippen LogP) is 4.34. The second-order valence-corrected chi connectivity index (χ2v) is 10.6. The summed E-state index contributed by atoms with van der Waals surface area (Å²) >= 11 is 5.01. The first-order valence-electron chi connectivity index (χ1n) is 10.7. The molecule has 6 heteroatoms. The summed E-state index contributed by atoms with van der Waals surface area (Å²) in [6.07, 6.45) is 2.51. The standard InChI is InChI=1S/C25H30N2O3S/c1-13-8-17-18(25(4,5)7-6-24(17,2)3)11-15(13)16-9-14(20(28)12-21(16)29)10-19-22(30)27-23(31)26-19/h8-9,11-12,19,28-29H,6-7,10H2,1-5H3,(H2,26,27,30,31). The molecule has 2 aromatic carbocycles. The first-order chi connectivity index (χ1) is 14.4. The van der Waals surface area contributed by atoms with Gasteiger partial charge in [-0.2, -0.15) is 0 Å². The number of benzene rings is 2. The molecule has 5 nitrogen and oxygen atoms in total. The highest BCUT2D eigenvalue weighted by atomic mass is 32.1. The van der Waals surface area contributed by atoms with Crippen molar-refractivity contribution in [3.8, 4) is 22.6 Å². The SMILES string of the molecule is Cc1cc2c(cc1-c1cc(CC3NC(=S)NC3=O)c(O)cc1O)C(C)(C)CCC2(C)C. The lowest BCUT2D eigenvalue weighted by atomic mass is 9.62. The van der Waals surface area contributed by atoms with Crippen molar-refractivity contribution in [3.05, 3.63) is 46.5 Å². The van der Waals surface area contributed by atoms with Crippen LogP contribution in [0.15, 0.2) is 24.3 Å². The molecule has 0 spiro atoms. The Morgan fingerprint density at radius 2 is 1.58 bits per heavy atom. The van der Waals surface area contributed by atoms with Crippen LogP contribution in [-0.4, -0.2) is 27.3 Å². The second-order valence-electron chi connectivity index (χ2n) is 10.2. The summed E-state index contributed by atoms with van der Waals surface area (Å²) < 4.78 is 0. The fraction of sp³-hybridized carbons (Fsp3) is 0.440. The minimum absolute atomic E-state index is 0.0246. The van der Waals surface area contributed by atoms with Crippen LogP contribution in [0.25, 0.3) is 11.1 Å². The topological polar surface area (TPSA) is 81.6 Å². The van der Waals surface area contributed by atoms with Gasteiger partial charge in [0.25, 0.3) is 0 Å². The Labute approximate surface area is 188 Å². The third-order valence-corrected chi connectivity index (χ3v) is 7.19. The maximum atomic E-state index is 12.1. The number of hydrogen-bond acceptors (Lipinski definition) is 4. The van der Waals surface area contributed by atoms with Crippen molar-refractivity contribution in [2.24, 2.45) is 0 Å². The van der Waals surface area contributed by atoms with Gasteiger partial charge in [-0.3, -0.25) is 4.79 Å². The van der Waals surface area contributed by atoms with Gasteiger partial charge >= 0.3 is 0 Å². The zero-order valence-corrected chi connectivity index (χ0v) is 19.5. The molecule has 1 aliphatic heterocycles. The largest absolute Gasteiger partial charge is 0.508 e. The average molecular weight is 439 g/mol. The summed E-state index contributed by atoms with van der Waals surface area (Å²) in [5, 5.41) is 26.9. The van der Waals surface area contributed by atoms with Crippen molar-refractivity contribution < 1.29 is 15.0 Å². The molecule has 2 aliphatic rings. The monoisotopic (exact) mass is 438 g/mol. The summed E-state index contributed by atoms with van der Waals surface area (Å²) in [6.45, 7) is 11.2. The summed E-state index contributed by atoms with van der Waals surface area (Å²) in [4.78, 5) is 12.1. The van der Waals surface area contributed by atoms with Crippen LogP contribution >= 0.6 is 12.2 Å². The van der Waals surface area contributed by atoms with E-state index in [0.717, 1.165) is 24.0 Å². The van der Waals surface area contributed by atoms with Gasteiger partial charge in [-0.15, -0.1) is 0 Å². The molecule has 2 aromatic rings. The number of amides is 1. The molecule has 1 heterocycles. The minimum Gasteiger partial charge on any atom is -0.508 e. The highest BCUT2D eigenvalue weighted by Gasteiger charge is 2.37. The average Bonchev–Trinajstić information content (AvgIpc) is 2.98. The van der Waals surface area contributed by atoms with E-state index in [4.69, 9.17) is 12.2 Å². The van der Waals surface area contributed by atoms with Gasteiger partial charge in [0, 0.05) is 18.1 Å². The van der Waals surface area contributed by atoms with Crippen LogP contribution in [0.5, 0.6) is 11.5 Å². The van der Waals surface area contributed by atoms with E-state index in [-0.39, 0.29) is 34.7 Å². The first kappa shape index (κ1) is 21.6. The lowest BCUT2D eigenvalue weighted by molar-refractivity contribution is -0.120. The number of aromatic hydroxyl groups is 2. The van der Waals surface area contributed by atoms with Crippen molar-refractivity contribution in [1.82, 2.24) is 10.6 Å². The van der Waals surface area contributed by atoms with E-state index < -0.39 is 6.04 Å². The number of phenols is 2. The highest BCUT2D eigenvalue weighted by molar-refractivity contribution is 7.80. The molecule has 0 aromatic heterocycles. The summed E-state index contributed by atoms with van der Waals surface area (Å²) in [5.74, 6) is -0.227. The Kier molecular flexibility index (Phi) is 5.04. The van der Waals surface area contributed by atoms with Crippen LogP contribution in [0, 0.1) is 6.92 Å². The number of hydrogen-bond donors (Lipinski definition) is 4. The van der Waals surface area contributed by atoms with E-state index >= 15 is 0 Å². The number of carbonyl (C=O) groups is 1. The molecule has 1 saturated heterocycles. The number of phenolic OH excluding ortho intramolecular Hbond substituents is 2. The zero-order chi connectivity index (χ0) is 22.7. The molecule has 4 N–H and O–H groups in total. The molecule has 31 heavy (non-hydrogen) atoms. The van der Waals surface area contributed by atoms with Crippen molar-refractivity contribution >= 4 is 23.2 Å². The number of thiocarbonyl (C=S) groups is 1.